The first-order valence-electron chi connectivity index (χ1n) is 6.65. The first-order valence-corrected chi connectivity index (χ1v) is 6.65. The number of azide groups is 1. The van der Waals surface area contributed by atoms with E-state index in [1.165, 1.54) is 7.11 Å². The Kier molecular flexibility index (Phi) is 7.41. The quantitative estimate of drug-likeness (QED) is 0.211. The van der Waals surface area contributed by atoms with E-state index in [-0.39, 0.29) is 35.1 Å². The summed E-state index contributed by atoms with van der Waals surface area (Å²) in [5, 5.41) is 24.8. The Morgan fingerprint density at radius 3 is 2.91 bits per heavy atom. The summed E-state index contributed by atoms with van der Waals surface area (Å²) in [6.45, 7) is 0.867. The van der Waals surface area contributed by atoms with Gasteiger partial charge in [0.1, 0.15) is 11.9 Å². The van der Waals surface area contributed by atoms with Crippen molar-refractivity contribution in [3.05, 3.63) is 40.4 Å². The van der Waals surface area contributed by atoms with E-state index in [1.54, 1.807) is 24.4 Å². The van der Waals surface area contributed by atoms with Crippen LogP contribution in [0, 0.1) is 0 Å². The molecule has 0 aliphatic carbocycles. The number of aliphatic hydroxyl groups excluding tert-OH is 1. The maximum absolute atomic E-state index is 10.9. The number of carboxylic acids is 1. The molecule has 2 aromatic rings. The summed E-state index contributed by atoms with van der Waals surface area (Å²) in [4.78, 5) is 13.6. The number of fused-ring (bicyclic) bond motifs is 1. The molecule has 0 aliphatic rings. The summed E-state index contributed by atoms with van der Waals surface area (Å²) >= 11 is 0. The number of methoxy groups -OCH3 is 1. The molecule has 0 spiro atoms. The van der Waals surface area contributed by atoms with Crippen LogP contribution in [0.3, 0.4) is 0 Å². The van der Waals surface area contributed by atoms with Gasteiger partial charge in [0.15, 0.2) is 0 Å². The van der Waals surface area contributed by atoms with Crippen molar-refractivity contribution < 1.29 is 49.3 Å². The van der Waals surface area contributed by atoms with Crippen molar-refractivity contribution in [3.8, 4) is 5.75 Å². The number of benzene rings is 1. The minimum atomic E-state index is -1.71. The fourth-order valence-electron chi connectivity index (χ4n) is 2.32. The van der Waals surface area contributed by atoms with E-state index >= 15 is 0 Å². The second kappa shape index (κ2) is 8.81. The van der Waals surface area contributed by atoms with Gasteiger partial charge in [-0.05, 0) is 30.2 Å². The molecular weight excluding hydrogens is 311 g/mol. The summed E-state index contributed by atoms with van der Waals surface area (Å²) in [7, 11) is 1.51. The van der Waals surface area contributed by atoms with Gasteiger partial charge in [-0.15, -0.1) is 0 Å². The minimum Gasteiger partial charge on any atom is -0.547 e. The molecule has 23 heavy (non-hydrogen) atoms. The Hall–Kier alpha value is -1.70. The van der Waals surface area contributed by atoms with Crippen molar-refractivity contribution in [1.29, 1.82) is 0 Å². The normalized spacial score (nSPS) is 11.4. The summed E-state index contributed by atoms with van der Waals surface area (Å²) in [6.07, 6.45) is 0.453. The molecule has 116 valence electrons. The van der Waals surface area contributed by atoms with Gasteiger partial charge >= 0.3 is 29.6 Å². The third kappa shape index (κ3) is 4.40. The summed E-state index contributed by atoms with van der Waals surface area (Å²) in [5.74, 6) is -0.998. The number of aliphatic carboxylic acids is 1. The van der Waals surface area contributed by atoms with Gasteiger partial charge in [0.2, 0.25) is 0 Å². The van der Waals surface area contributed by atoms with Crippen LogP contribution >= 0.6 is 0 Å². The molecule has 1 unspecified atom stereocenters. The van der Waals surface area contributed by atoms with E-state index in [2.05, 4.69) is 10.0 Å². The smallest absolute Gasteiger partial charge is 0.547 e. The molecule has 1 aromatic carbocycles. The first kappa shape index (κ1) is 19.3. The molecule has 0 bridgehead atoms. The molecule has 2 rings (SSSR count). The predicted octanol–water partition coefficient (Wildman–Crippen LogP) is -1.86. The number of aliphatic hydroxyl groups is 1. The maximum Gasteiger partial charge on any atom is 1.00 e. The largest absolute Gasteiger partial charge is 1.00 e. The number of carboxylic acid groups (broad SMARTS) is 1. The summed E-state index contributed by atoms with van der Waals surface area (Å²) in [6, 6.07) is 5.20. The average Bonchev–Trinajstić information content (AvgIpc) is 2.88. The number of aryl methyl sites for hydroxylation is 1. The third-order valence-electron chi connectivity index (χ3n) is 3.36. The van der Waals surface area contributed by atoms with E-state index in [9.17, 15) is 15.0 Å². The number of hydrogen-bond donors (Lipinski definition) is 1. The van der Waals surface area contributed by atoms with Gasteiger partial charge in [-0.2, -0.15) is 0 Å². The molecule has 0 aliphatic heterocycles. The van der Waals surface area contributed by atoms with Crippen LogP contribution in [0.15, 0.2) is 29.5 Å². The number of aromatic nitrogens is 1. The Balaban J connectivity index is 0.00000264. The van der Waals surface area contributed by atoms with Crippen molar-refractivity contribution in [2.45, 2.75) is 19.1 Å². The Morgan fingerprint density at radius 1 is 1.57 bits per heavy atom. The number of ether oxygens (including phenoxy) is 1. The molecule has 0 saturated carbocycles. The SMILES string of the molecule is COc1ccc2c(c1)c(C(O)C(=O)[O-])cn2CCCN=[N+]=[N-].[Na+]. The zero-order chi connectivity index (χ0) is 16.1. The predicted molar refractivity (Wildman–Crippen MR) is 77.1 cm³/mol. The zero-order valence-electron chi connectivity index (χ0n) is 13.0. The van der Waals surface area contributed by atoms with Crippen LogP contribution in [0.1, 0.15) is 18.1 Å². The van der Waals surface area contributed by atoms with Crippen LogP contribution in [0.25, 0.3) is 21.3 Å². The molecule has 1 atom stereocenters. The van der Waals surface area contributed by atoms with E-state index in [4.69, 9.17) is 10.3 Å². The molecule has 9 heteroatoms. The molecule has 0 saturated heterocycles. The van der Waals surface area contributed by atoms with Crippen LogP contribution < -0.4 is 39.4 Å². The van der Waals surface area contributed by atoms with Crippen LogP contribution in [0.4, 0.5) is 0 Å². The number of hydrogen-bond acceptors (Lipinski definition) is 5. The standard InChI is InChI=1S/C14H16N4O4.Na/c1-22-9-3-4-12-10(7-9)11(13(19)14(20)21)8-18(12)6-2-5-16-17-15;/h3-4,7-8,13,19H,2,5-6H2,1H3,(H,20,21);/q;+1/p-1. The van der Waals surface area contributed by atoms with Gasteiger partial charge in [0.05, 0.1) is 13.1 Å². The van der Waals surface area contributed by atoms with Crippen molar-refractivity contribution in [2.75, 3.05) is 13.7 Å². The van der Waals surface area contributed by atoms with Crippen LogP contribution in [-0.4, -0.2) is 29.3 Å². The van der Waals surface area contributed by atoms with Crippen molar-refractivity contribution in [2.24, 2.45) is 5.11 Å². The Labute approximate surface area is 154 Å². The minimum absolute atomic E-state index is 0. The Bertz CT molecular complexity index is 740. The van der Waals surface area contributed by atoms with Gasteiger partial charge in [-0.25, -0.2) is 0 Å². The van der Waals surface area contributed by atoms with Gasteiger partial charge in [0, 0.05) is 40.7 Å². The first-order chi connectivity index (χ1) is 10.6. The van der Waals surface area contributed by atoms with Gasteiger partial charge < -0.3 is 24.3 Å². The molecule has 0 fully saturated rings. The molecule has 0 amide bonds. The monoisotopic (exact) mass is 326 g/mol. The number of carbonyl (C=O) groups excluding carboxylic acids is 1. The second-order valence-corrected chi connectivity index (χ2v) is 4.69. The average molecular weight is 326 g/mol. The van der Waals surface area contributed by atoms with Crippen LogP contribution in [0.2, 0.25) is 0 Å². The second-order valence-electron chi connectivity index (χ2n) is 4.69. The van der Waals surface area contributed by atoms with Gasteiger partial charge in [-0.3, -0.25) is 0 Å². The van der Waals surface area contributed by atoms with Gasteiger partial charge in [0.25, 0.3) is 0 Å². The van der Waals surface area contributed by atoms with E-state index in [1.807, 2.05) is 4.57 Å². The van der Waals surface area contributed by atoms with Gasteiger partial charge in [-0.1, -0.05) is 5.11 Å². The third-order valence-corrected chi connectivity index (χ3v) is 3.36. The fourth-order valence-corrected chi connectivity index (χ4v) is 2.32. The Morgan fingerprint density at radius 2 is 2.30 bits per heavy atom. The maximum atomic E-state index is 10.9. The molecular formula is C14H15N4NaO4. The fraction of sp³-hybridized carbons (Fsp3) is 0.357. The molecule has 0 radical (unpaired) electrons. The topological polar surface area (TPSA) is 123 Å². The van der Waals surface area contributed by atoms with E-state index in [0.717, 1.165) is 5.52 Å². The van der Waals surface area contributed by atoms with E-state index in [0.29, 0.717) is 30.6 Å². The zero-order valence-corrected chi connectivity index (χ0v) is 15.0. The van der Waals surface area contributed by atoms with Crippen LogP contribution in [0.5, 0.6) is 5.75 Å². The van der Waals surface area contributed by atoms with Crippen molar-refractivity contribution >= 4 is 16.9 Å². The van der Waals surface area contributed by atoms with Crippen LogP contribution in [-0.2, 0) is 11.3 Å². The molecule has 1 heterocycles. The van der Waals surface area contributed by atoms with E-state index < -0.39 is 12.1 Å². The molecule has 8 nitrogen and oxygen atoms in total. The van der Waals surface area contributed by atoms with Crippen molar-refractivity contribution in [3.63, 3.8) is 0 Å². The summed E-state index contributed by atoms with van der Waals surface area (Å²) in [5.41, 5.74) is 9.27. The summed E-state index contributed by atoms with van der Waals surface area (Å²) < 4.78 is 6.94. The van der Waals surface area contributed by atoms with Crippen molar-refractivity contribution in [1.82, 2.24) is 4.57 Å². The molecule has 1 aromatic heterocycles. The number of carbonyl (C=O) groups is 1. The number of nitrogens with zero attached hydrogens (tertiary/aromatic N) is 4. The number of rotatable bonds is 7. The molecule has 1 N–H and O–H groups in total.